The third kappa shape index (κ3) is 4.50. The highest BCUT2D eigenvalue weighted by Crippen LogP contribution is 2.09. The van der Waals surface area contributed by atoms with E-state index in [-0.39, 0.29) is 6.04 Å². The van der Waals surface area contributed by atoms with Gasteiger partial charge in [0.05, 0.1) is 6.04 Å². The molecule has 0 spiro atoms. The van der Waals surface area contributed by atoms with Crippen molar-refractivity contribution in [1.29, 1.82) is 0 Å². The van der Waals surface area contributed by atoms with Gasteiger partial charge in [-0.2, -0.15) is 0 Å². The topological polar surface area (TPSA) is 47.3 Å². The summed E-state index contributed by atoms with van der Waals surface area (Å²) in [5.41, 5.74) is 2.69. The van der Waals surface area contributed by atoms with Gasteiger partial charge in [-0.3, -0.25) is 11.3 Å². The highest BCUT2D eigenvalue weighted by Gasteiger charge is 2.05. The molecule has 80 valence electrons. The van der Waals surface area contributed by atoms with Crippen LogP contribution >= 0.6 is 0 Å². The fourth-order valence-electron chi connectivity index (χ4n) is 1.19. The molecule has 0 amide bonds. The highest BCUT2D eigenvalue weighted by molar-refractivity contribution is 5.20. The van der Waals surface area contributed by atoms with Crippen molar-refractivity contribution in [3.05, 3.63) is 30.3 Å². The molecule has 0 aliphatic heterocycles. The Morgan fingerprint density at radius 1 is 1.40 bits per heavy atom. The second-order valence-electron chi connectivity index (χ2n) is 3.23. The quantitative estimate of drug-likeness (QED) is 0.417. The summed E-state index contributed by atoms with van der Waals surface area (Å²) in [7, 11) is 0. The van der Waals surface area contributed by atoms with Gasteiger partial charge in [0, 0.05) is 6.42 Å². The van der Waals surface area contributed by atoms with Gasteiger partial charge in [-0.25, -0.2) is 0 Å². The van der Waals surface area contributed by atoms with E-state index in [2.05, 4.69) is 11.3 Å². The molecule has 1 unspecified atom stereocenters. The van der Waals surface area contributed by atoms with Gasteiger partial charge in [-0.05, 0) is 18.6 Å². The summed E-state index contributed by atoms with van der Waals surface area (Å²) in [6, 6.07) is 9.73. The largest absolute Gasteiger partial charge is 0.492 e. The van der Waals surface area contributed by atoms with Crippen molar-refractivity contribution in [3.63, 3.8) is 0 Å². The molecule has 1 aromatic rings. The van der Waals surface area contributed by atoms with Crippen LogP contribution in [-0.4, -0.2) is 12.6 Å². The third-order valence-corrected chi connectivity index (χ3v) is 2.07. The maximum Gasteiger partial charge on any atom is 0.119 e. The molecule has 0 saturated heterocycles. The van der Waals surface area contributed by atoms with Gasteiger partial charge in [0.15, 0.2) is 0 Å². The Morgan fingerprint density at radius 2 is 2.13 bits per heavy atom. The maximum absolute atomic E-state index is 5.54. The van der Waals surface area contributed by atoms with Crippen LogP contribution in [-0.2, 0) is 0 Å². The molecule has 15 heavy (non-hydrogen) atoms. The van der Waals surface area contributed by atoms with Gasteiger partial charge < -0.3 is 4.74 Å². The Kier molecular flexibility index (Phi) is 5.31. The van der Waals surface area contributed by atoms with E-state index < -0.39 is 0 Å². The van der Waals surface area contributed by atoms with Crippen molar-refractivity contribution in [2.45, 2.75) is 18.9 Å². The number of nitrogens with one attached hydrogen (secondary N) is 1. The Balaban J connectivity index is 2.31. The summed E-state index contributed by atoms with van der Waals surface area (Å²) in [5, 5.41) is 0. The molecule has 1 aromatic carbocycles. The lowest BCUT2D eigenvalue weighted by Crippen LogP contribution is -2.39. The SMILES string of the molecule is C#CCCC(COc1ccccc1)NN. The van der Waals surface area contributed by atoms with Crippen molar-refractivity contribution in [2.24, 2.45) is 5.84 Å². The lowest BCUT2D eigenvalue weighted by Gasteiger charge is -2.15. The molecule has 0 fully saturated rings. The normalized spacial score (nSPS) is 11.7. The van der Waals surface area contributed by atoms with E-state index in [0.29, 0.717) is 13.0 Å². The number of para-hydroxylation sites is 1. The van der Waals surface area contributed by atoms with E-state index in [4.69, 9.17) is 17.0 Å². The molecule has 3 heteroatoms. The van der Waals surface area contributed by atoms with E-state index in [9.17, 15) is 0 Å². The summed E-state index contributed by atoms with van der Waals surface area (Å²) in [4.78, 5) is 0. The molecule has 0 bridgehead atoms. The average molecular weight is 204 g/mol. The first-order chi connectivity index (χ1) is 7.36. The number of hydrazine groups is 1. The van der Waals surface area contributed by atoms with E-state index in [1.165, 1.54) is 0 Å². The summed E-state index contributed by atoms with van der Waals surface area (Å²) in [5.74, 6) is 8.80. The molecule has 3 nitrogen and oxygen atoms in total. The van der Waals surface area contributed by atoms with Gasteiger partial charge >= 0.3 is 0 Å². The minimum absolute atomic E-state index is 0.0984. The van der Waals surface area contributed by atoms with Crippen molar-refractivity contribution in [3.8, 4) is 18.1 Å². The smallest absolute Gasteiger partial charge is 0.119 e. The number of ether oxygens (including phenoxy) is 1. The molecular formula is C12H16N2O. The highest BCUT2D eigenvalue weighted by atomic mass is 16.5. The van der Waals surface area contributed by atoms with E-state index in [1.54, 1.807) is 0 Å². The summed E-state index contributed by atoms with van der Waals surface area (Å²) in [6.45, 7) is 0.530. The number of hydrogen-bond donors (Lipinski definition) is 2. The Bertz CT molecular complexity index is 305. The van der Waals surface area contributed by atoms with Crippen LogP contribution in [0, 0.1) is 12.3 Å². The van der Waals surface area contributed by atoms with Crippen LogP contribution in [0.2, 0.25) is 0 Å². The molecule has 3 N–H and O–H groups in total. The minimum atomic E-state index is 0.0984. The average Bonchev–Trinajstić information content (AvgIpc) is 2.31. The molecule has 0 aliphatic carbocycles. The minimum Gasteiger partial charge on any atom is -0.492 e. The van der Waals surface area contributed by atoms with Crippen molar-refractivity contribution >= 4 is 0 Å². The van der Waals surface area contributed by atoms with Gasteiger partial charge in [0.2, 0.25) is 0 Å². The second-order valence-corrected chi connectivity index (χ2v) is 3.23. The maximum atomic E-state index is 5.54. The molecule has 1 rings (SSSR count). The number of terminal acetylenes is 1. The van der Waals surface area contributed by atoms with Crippen LogP contribution < -0.4 is 16.0 Å². The zero-order valence-corrected chi connectivity index (χ0v) is 8.65. The first-order valence-corrected chi connectivity index (χ1v) is 4.94. The number of rotatable bonds is 6. The number of hydrogen-bond acceptors (Lipinski definition) is 3. The van der Waals surface area contributed by atoms with Crippen LogP contribution in [0.25, 0.3) is 0 Å². The standard InChI is InChI=1S/C12H16N2O/c1-2-3-7-11(14-13)10-15-12-8-5-4-6-9-12/h1,4-6,8-9,11,14H,3,7,10,13H2. The Labute approximate surface area is 90.6 Å². The van der Waals surface area contributed by atoms with Gasteiger partial charge in [-0.15, -0.1) is 12.3 Å². The van der Waals surface area contributed by atoms with Crippen molar-refractivity contribution < 1.29 is 4.74 Å². The zero-order valence-electron chi connectivity index (χ0n) is 8.65. The molecule has 0 aromatic heterocycles. The van der Waals surface area contributed by atoms with Crippen molar-refractivity contribution in [1.82, 2.24) is 5.43 Å². The lowest BCUT2D eigenvalue weighted by molar-refractivity contribution is 0.259. The van der Waals surface area contributed by atoms with Crippen LogP contribution in [0.1, 0.15) is 12.8 Å². The summed E-state index contributed by atoms with van der Waals surface area (Å²) >= 11 is 0. The summed E-state index contributed by atoms with van der Waals surface area (Å²) < 4.78 is 5.54. The first kappa shape index (κ1) is 11.6. The fraction of sp³-hybridized carbons (Fsp3) is 0.333. The molecule has 0 heterocycles. The molecule has 1 atom stereocenters. The fourth-order valence-corrected chi connectivity index (χ4v) is 1.19. The van der Waals surface area contributed by atoms with Crippen LogP contribution in [0.4, 0.5) is 0 Å². The third-order valence-electron chi connectivity index (χ3n) is 2.07. The van der Waals surface area contributed by atoms with Crippen LogP contribution in [0.5, 0.6) is 5.75 Å². The second kappa shape index (κ2) is 6.88. The monoisotopic (exact) mass is 204 g/mol. The number of nitrogens with two attached hydrogens (primary N) is 1. The first-order valence-electron chi connectivity index (χ1n) is 4.94. The zero-order chi connectivity index (χ0) is 10.9. The molecular weight excluding hydrogens is 188 g/mol. The Hall–Kier alpha value is -1.50. The van der Waals surface area contributed by atoms with Crippen LogP contribution in [0.3, 0.4) is 0 Å². The molecule has 0 saturated carbocycles. The van der Waals surface area contributed by atoms with Crippen molar-refractivity contribution in [2.75, 3.05) is 6.61 Å². The summed E-state index contributed by atoms with van der Waals surface area (Å²) in [6.07, 6.45) is 6.70. The van der Waals surface area contributed by atoms with Crippen LogP contribution in [0.15, 0.2) is 30.3 Å². The molecule has 0 radical (unpaired) electrons. The van der Waals surface area contributed by atoms with E-state index >= 15 is 0 Å². The predicted octanol–water partition coefficient (Wildman–Crippen LogP) is 1.31. The number of benzene rings is 1. The Morgan fingerprint density at radius 3 is 2.73 bits per heavy atom. The predicted molar refractivity (Wildman–Crippen MR) is 61.1 cm³/mol. The van der Waals surface area contributed by atoms with Gasteiger partial charge in [0.25, 0.3) is 0 Å². The van der Waals surface area contributed by atoms with Gasteiger partial charge in [-0.1, -0.05) is 18.2 Å². The molecule has 0 aliphatic rings. The van der Waals surface area contributed by atoms with Gasteiger partial charge in [0.1, 0.15) is 12.4 Å². The van der Waals surface area contributed by atoms with E-state index in [1.807, 2.05) is 30.3 Å². The van der Waals surface area contributed by atoms with E-state index in [0.717, 1.165) is 12.2 Å². The lowest BCUT2D eigenvalue weighted by atomic mass is 10.2.